The SMILES string of the molecule is CCC1CCCCC1OC(C)CNC(C)C. The van der Waals surface area contributed by atoms with Crippen LogP contribution in [0, 0.1) is 5.92 Å². The van der Waals surface area contributed by atoms with Gasteiger partial charge in [0.05, 0.1) is 12.2 Å². The van der Waals surface area contributed by atoms with Crippen LogP contribution in [0.25, 0.3) is 0 Å². The van der Waals surface area contributed by atoms with Gasteiger partial charge in [-0.1, -0.05) is 40.0 Å². The Morgan fingerprint density at radius 1 is 1.19 bits per heavy atom. The van der Waals surface area contributed by atoms with Gasteiger partial charge < -0.3 is 10.1 Å². The average Bonchev–Trinajstić information content (AvgIpc) is 2.27. The summed E-state index contributed by atoms with van der Waals surface area (Å²) in [5.41, 5.74) is 0. The maximum Gasteiger partial charge on any atom is 0.0675 e. The van der Waals surface area contributed by atoms with Crippen LogP contribution in [0.1, 0.15) is 59.8 Å². The van der Waals surface area contributed by atoms with E-state index in [0.29, 0.717) is 18.2 Å². The lowest BCUT2D eigenvalue weighted by atomic mass is 9.84. The van der Waals surface area contributed by atoms with E-state index < -0.39 is 0 Å². The van der Waals surface area contributed by atoms with E-state index in [9.17, 15) is 0 Å². The third-order valence-corrected chi connectivity index (χ3v) is 3.58. The summed E-state index contributed by atoms with van der Waals surface area (Å²) in [7, 11) is 0. The number of rotatable bonds is 6. The summed E-state index contributed by atoms with van der Waals surface area (Å²) < 4.78 is 6.18. The first-order valence-electron chi connectivity index (χ1n) is 7.02. The summed E-state index contributed by atoms with van der Waals surface area (Å²) in [6.07, 6.45) is 7.52. The van der Waals surface area contributed by atoms with Crippen LogP contribution in [0.3, 0.4) is 0 Å². The first kappa shape index (κ1) is 14.0. The molecule has 2 heteroatoms. The molecule has 3 unspecified atom stereocenters. The molecule has 0 saturated heterocycles. The highest BCUT2D eigenvalue weighted by Crippen LogP contribution is 2.29. The van der Waals surface area contributed by atoms with Crippen molar-refractivity contribution in [1.29, 1.82) is 0 Å². The van der Waals surface area contributed by atoms with E-state index >= 15 is 0 Å². The van der Waals surface area contributed by atoms with Crippen molar-refractivity contribution in [3.63, 3.8) is 0 Å². The minimum absolute atomic E-state index is 0.347. The molecular formula is C14H29NO. The zero-order chi connectivity index (χ0) is 12.0. The van der Waals surface area contributed by atoms with Crippen molar-refractivity contribution in [3.05, 3.63) is 0 Å². The summed E-state index contributed by atoms with van der Waals surface area (Å²) in [4.78, 5) is 0. The fourth-order valence-corrected chi connectivity index (χ4v) is 2.57. The minimum atomic E-state index is 0.347. The highest BCUT2D eigenvalue weighted by atomic mass is 16.5. The van der Waals surface area contributed by atoms with Gasteiger partial charge in [0, 0.05) is 12.6 Å². The molecular weight excluding hydrogens is 198 g/mol. The van der Waals surface area contributed by atoms with Gasteiger partial charge in [0.15, 0.2) is 0 Å². The fourth-order valence-electron chi connectivity index (χ4n) is 2.57. The Kier molecular flexibility index (Phi) is 6.37. The quantitative estimate of drug-likeness (QED) is 0.751. The molecule has 3 atom stereocenters. The molecule has 1 saturated carbocycles. The van der Waals surface area contributed by atoms with Gasteiger partial charge in [-0.2, -0.15) is 0 Å². The van der Waals surface area contributed by atoms with Gasteiger partial charge in [0.25, 0.3) is 0 Å². The van der Waals surface area contributed by atoms with E-state index in [4.69, 9.17) is 4.74 Å². The lowest BCUT2D eigenvalue weighted by Crippen LogP contribution is -2.37. The average molecular weight is 227 g/mol. The molecule has 0 aliphatic heterocycles. The number of nitrogens with one attached hydrogen (secondary N) is 1. The third-order valence-electron chi connectivity index (χ3n) is 3.58. The Hall–Kier alpha value is -0.0800. The maximum absolute atomic E-state index is 6.18. The van der Waals surface area contributed by atoms with Crippen LogP contribution in [0.2, 0.25) is 0 Å². The predicted molar refractivity (Wildman–Crippen MR) is 69.7 cm³/mol. The second-order valence-corrected chi connectivity index (χ2v) is 5.50. The molecule has 2 nitrogen and oxygen atoms in total. The molecule has 0 aromatic carbocycles. The van der Waals surface area contributed by atoms with E-state index in [-0.39, 0.29) is 0 Å². The molecule has 1 rings (SSSR count). The van der Waals surface area contributed by atoms with Gasteiger partial charge in [0.1, 0.15) is 0 Å². The largest absolute Gasteiger partial charge is 0.374 e. The molecule has 0 heterocycles. The zero-order valence-corrected chi connectivity index (χ0v) is 11.5. The molecule has 1 aliphatic carbocycles. The molecule has 0 amide bonds. The first-order chi connectivity index (χ1) is 7.63. The zero-order valence-electron chi connectivity index (χ0n) is 11.5. The highest BCUT2D eigenvalue weighted by molar-refractivity contribution is 4.76. The summed E-state index contributed by atoms with van der Waals surface area (Å²) in [5.74, 6) is 0.801. The molecule has 0 aromatic heterocycles. The van der Waals surface area contributed by atoms with Crippen molar-refractivity contribution in [2.45, 2.75) is 78.0 Å². The van der Waals surface area contributed by atoms with Crippen molar-refractivity contribution in [2.75, 3.05) is 6.54 Å². The molecule has 1 fully saturated rings. The van der Waals surface area contributed by atoms with Crippen LogP contribution in [-0.2, 0) is 4.74 Å². The number of hydrogen-bond donors (Lipinski definition) is 1. The van der Waals surface area contributed by atoms with Crippen molar-refractivity contribution in [1.82, 2.24) is 5.32 Å². The predicted octanol–water partition coefficient (Wildman–Crippen LogP) is 3.36. The van der Waals surface area contributed by atoms with Gasteiger partial charge in [-0.25, -0.2) is 0 Å². The molecule has 0 aromatic rings. The molecule has 1 aliphatic rings. The Labute approximate surface area is 101 Å². The minimum Gasteiger partial charge on any atom is -0.374 e. The second-order valence-electron chi connectivity index (χ2n) is 5.50. The van der Waals surface area contributed by atoms with Crippen molar-refractivity contribution in [3.8, 4) is 0 Å². The summed E-state index contributed by atoms with van der Waals surface area (Å²) in [6.45, 7) is 9.83. The van der Waals surface area contributed by atoms with Crippen LogP contribution >= 0.6 is 0 Å². The van der Waals surface area contributed by atoms with Crippen LogP contribution in [0.5, 0.6) is 0 Å². The van der Waals surface area contributed by atoms with Crippen molar-refractivity contribution < 1.29 is 4.74 Å². The Morgan fingerprint density at radius 2 is 1.88 bits per heavy atom. The molecule has 0 radical (unpaired) electrons. The molecule has 0 spiro atoms. The summed E-state index contributed by atoms with van der Waals surface area (Å²) >= 11 is 0. The first-order valence-corrected chi connectivity index (χ1v) is 7.02. The van der Waals surface area contributed by atoms with Crippen molar-refractivity contribution in [2.24, 2.45) is 5.92 Å². The molecule has 96 valence electrons. The second kappa shape index (κ2) is 7.29. The highest BCUT2D eigenvalue weighted by Gasteiger charge is 2.25. The van der Waals surface area contributed by atoms with E-state index in [1.54, 1.807) is 0 Å². The molecule has 16 heavy (non-hydrogen) atoms. The summed E-state index contributed by atoms with van der Waals surface area (Å²) in [5, 5.41) is 3.44. The molecule has 0 bridgehead atoms. The smallest absolute Gasteiger partial charge is 0.0675 e. The maximum atomic E-state index is 6.18. The lowest BCUT2D eigenvalue weighted by Gasteiger charge is -2.33. The Balaban J connectivity index is 2.27. The normalized spacial score (nSPS) is 28.3. The van der Waals surface area contributed by atoms with Gasteiger partial charge in [0.2, 0.25) is 0 Å². The molecule has 1 N–H and O–H groups in total. The van der Waals surface area contributed by atoms with Crippen LogP contribution < -0.4 is 5.32 Å². The van der Waals surface area contributed by atoms with Gasteiger partial charge >= 0.3 is 0 Å². The monoisotopic (exact) mass is 227 g/mol. The Bertz CT molecular complexity index is 182. The van der Waals surface area contributed by atoms with Crippen LogP contribution in [0.15, 0.2) is 0 Å². The van der Waals surface area contributed by atoms with E-state index in [0.717, 1.165) is 12.5 Å². The third kappa shape index (κ3) is 4.84. The van der Waals surface area contributed by atoms with Gasteiger partial charge in [-0.15, -0.1) is 0 Å². The fraction of sp³-hybridized carbons (Fsp3) is 1.00. The van der Waals surface area contributed by atoms with E-state index in [1.165, 1.54) is 32.1 Å². The number of ether oxygens (including phenoxy) is 1. The number of hydrogen-bond acceptors (Lipinski definition) is 2. The van der Waals surface area contributed by atoms with Crippen LogP contribution in [-0.4, -0.2) is 24.8 Å². The van der Waals surface area contributed by atoms with Crippen LogP contribution in [0.4, 0.5) is 0 Å². The van der Waals surface area contributed by atoms with Crippen molar-refractivity contribution >= 4 is 0 Å². The summed E-state index contributed by atoms with van der Waals surface area (Å²) in [6, 6.07) is 0.555. The lowest BCUT2D eigenvalue weighted by molar-refractivity contribution is -0.0526. The topological polar surface area (TPSA) is 21.3 Å². The van der Waals surface area contributed by atoms with E-state index in [2.05, 4.69) is 33.0 Å². The standard InChI is InChI=1S/C14H29NO/c1-5-13-8-6-7-9-14(13)16-12(4)10-15-11(2)3/h11-15H,5-10H2,1-4H3. The van der Waals surface area contributed by atoms with Gasteiger partial charge in [-0.05, 0) is 25.7 Å². The van der Waals surface area contributed by atoms with E-state index in [1.807, 2.05) is 0 Å². The van der Waals surface area contributed by atoms with Gasteiger partial charge in [-0.3, -0.25) is 0 Å². The Morgan fingerprint density at radius 3 is 2.50 bits per heavy atom.